The summed E-state index contributed by atoms with van der Waals surface area (Å²) in [6.45, 7) is 8.77. The van der Waals surface area contributed by atoms with Crippen molar-refractivity contribution in [2.45, 2.75) is 26.2 Å². The average molecular weight is 206 g/mol. The molecule has 0 amide bonds. The molecular weight excluding hydrogens is 186 g/mol. The van der Waals surface area contributed by atoms with Crippen LogP contribution in [0.5, 0.6) is 0 Å². The van der Waals surface area contributed by atoms with Crippen molar-refractivity contribution in [1.29, 1.82) is 0 Å². The molecule has 0 bridgehead atoms. The maximum absolute atomic E-state index is 8.69. The third-order valence-corrected chi connectivity index (χ3v) is 1.98. The maximum atomic E-state index is 8.69. The van der Waals surface area contributed by atoms with E-state index in [1.54, 1.807) is 0 Å². The van der Waals surface area contributed by atoms with Gasteiger partial charge in [-0.2, -0.15) is 0 Å². The van der Waals surface area contributed by atoms with E-state index in [-0.39, 0.29) is 6.61 Å². The van der Waals surface area contributed by atoms with Crippen LogP contribution >= 0.6 is 11.6 Å². The third kappa shape index (κ3) is 8.28. The van der Waals surface area contributed by atoms with E-state index in [1.807, 2.05) is 0 Å². The van der Waals surface area contributed by atoms with Crippen molar-refractivity contribution in [2.24, 2.45) is 0 Å². The van der Waals surface area contributed by atoms with Gasteiger partial charge < -0.3 is 5.11 Å². The highest BCUT2D eigenvalue weighted by Crippen LogP contribution is 2.04. The lowest BCUT2D eigenvalue weighted by molar-refractivity contribution is 0.233. The van der Waals surface area contributed by atoms with Crippen LogP contribution in [0.2, 0.25) is 0 Å². The molecule has 0 radical (unpaired) electrons. The van der Waals surface area contributed by atoms with Crippen LogP contribution in [0.1, 0.15) is 26.2 Å². The minimum absolute atomic E-state index is 0.247. The summed E-state index contributed by atoms with van der Waals surface area (Å²) in [6, 6.07) is 0. The van der Waals surface area contributed by atoms with Crippen molar-refractivity contribution in [1.82, 2.24) is 4.90 Å². The summed E-state index contributed by atoms with van der Waals surface area (Å²) in [5, 5.41) is 9.37. The lowest BCUT2D eigenvalue weighted by Crippen LogP contribution is -2.27. The van der Waals surface area contributed by atoms with E-state index < -0.39 is 0 Å². The van der Waals surface area contributed by atoms with Gasteiger partial charge in [0.2, 0.25) is 0 Å². The first kappa shape index (κ1) is 12.9. The minimum atomic E-state index is 0.247. The monoisotopic (exact) mass is 205 g/mol. The number of hydrogen-bond donors (Lipinski definition) is 1. The number of aliphatic hydroxyl groups excluding tert-OH is 1. The average Bonchev–Trinajstić information content (AvgIpc) is 2.09. The fourth-order valence-corrected chi connectivity index (χ4v) is 1.36. The molecule has 3 heteroatoms. The minimum Gasteiger partial charge on any atom is -0.396 e. The summed E-state index contributed by atoms with van der Waals surface area (Å²) in [5.41, 5.74) is 0. The Labute approximate surface area is 86.2 Å². The highest BCUT2D eigenvalue weighted by molar-refractivity contribution is 6.29. The van der Waals surface area contributed by atoms with Gasteiger partial charge in [0.15, 0.2) is 0 Å². The second-order valence-corrected chi connectivity index (χ2v) is 3.76. The second kappa shape index (κ2) is 8.54. The van der Waals surface area contributed by atoms with Crippen LogP contribution in [0, 0.1) is 0 Å². The predicted molar refractivity (Wildman–Crippen MR) is 58.0 cm³/mol. The molecule has 13 heavy (non-hydrogen) atoms. The van der Waals surface area contributed by atoms with Gasteiger partial charge in [0, 0.05) is 24.7 Å². The predicted octanol–water partition coefficient (Wildman–Crippen LogP) is 2.22. The Kier molecular flexibility index (Phi) is 8.51. The standard InChI is InChI=1S/C10H20ClNO/c1-3-4-6-12(7-5-8-13)9-10(2)11/h13H,2-9H2,1H3. The Bertz CT molecular complexity index is 131. The Balaban J connectivity index is 3.66. The molecule has 0 aliphatic carbocycles. The van der Waals surface area contributed by atoms with Crippen molar-refractivity contribution in [3.8, 4) is 0 Å². The molecule has 0 saturated carbocycles. The van der Waals surface area contributed by atoms with Crippen LogP contribution in [-0.4, -0.2) is 36.2 Å². The fraction of sp³-hybridized carbons (Fsp3) is 0.800. The van der Waals surface area contributed by atoms with Crippen molar-refractivity contribution in [3.63, 3.8) is 0 Å². The largest absolute Gasteiger partial charge is 0.396 e. The number of nitrogens with zero attached hydrogens (tertiary/aromatic N) is 1. The molecule has 0 aliphatic rings. The summed E-state index contributed by atoms with van der Waals surface area (Å²) in [4.78, 5) is 2.23. The number of hydrogen-bond acceptors (Lipinski definition) is 2. The van der Waals surface area contributed by atoms with Gasteiger partial charge in [-0.25, -0.2) is 0 Å². The zero-order chi connectivity index (χ0) is 10.1. The van der Waals surface area contributed by atoms with Gasteiger partial charge in [-0.15, -0.1) is 0 Å². The highest BCUT2D eigenvalue weighted by Gasteiger charge is 2.03. The van der Waals surface area contributed by atoms with E-state index in [1.165, 1.54) is 12.8 Å². The second-order valence-electron chi connectivity index (χ2n) is 3.22. The Hall–Kier alpha value is -0.0500. The molecule has 2 nitrogen and oxygen atoms in total. The third-order valence-electron chi connectivity index (χ3n) is 1.86. The molecule has 0 spiro atoms. The number of unbranched alkanes of at least 4 members (excludes halogenated alkanes) is 1. The van der Waals surface area contributed by atoms with Gasteiger partial charge in [-0.1, -0.05) is 31.5 Å². The molecule has 0 unspecified atom stereocenters. The smallest absolute Gasteiger partial charge is 0.0443 e. The Morgan fingerprint density at radius 2 is 2.00 bits per heavy atom. The number of aliphatic hydroxyl groups is 1. The van der Waals surface area contributed by atoms with Crippen molar-refractivity contribution >= 4 is 11.6 Å². The molecule has 0 atom stereocenters. The molecule has 0 aromatic heterocycles. The molecule has 0 aromatic rings. The number of halogens is 1. The summed E-state index contributed by atoms with van der Waals surface area (Å²) >= 11 is 5.73. The molecule has 0 heterocycles. The first-order chi connectivity index (χ1) is 6.20. The fourth-order valence-electron chi connectivity index (χ4n) is 1.19. The van der Waals surface area contributed by atoms with Crippen LogP contribution in [0.4, 0.5) is 0 Å². The van der Waals surface area contributed by atoms with Gasteiger partial charge in [-0.3, -0.25) is 4.90 Å². The summed E-state index contributed by atoms with van der Waals surface area (Å²) < 4.78 is 0. The van der Waals surface area contributed by atoms with E-state index in [2.05, 4.69) is 18.4 Å². The molecular formula is C10H20ClNO. The van der Waals surface area contributed by atoms with E-state index in [0.29, 0.717) is 5.03 Å². The Morgan fingerprint density at radius 1 is 1.38 bits per heavy atom. The quantitative estimate of drug-likeness (QED) is 0.657. The SMILES string of the molecule is C=C(Cl)CN(CCCC)CCCO. The summed E-state index contributed by atoms with van der Waals surface area (Å²) in [5.74, 6) is 0. The van der Waals surface area contributed by atoms with Crippen LogP contribution in [0.3, 0.4) is 0 Å². The van der Waals surface area contributed by atoms with Gasteiger partial charge in [0.05, 0.1) is 0 Å². The van der Waals surface area contributed by atoms with Crippen LogP contribution < -0.4 is 0 Å². The highest BCUT2D eigenvalue weighted by atomic mass is 35.5. The zero-order valence-electron chi connectivity index (χ0n) is 8.43. The van der Waals surface area contributed by atoms with Gasteiger partial charge >= 0.3 is 0 Å². The summed E-state index contributed by atoms with van der Waals surface area (Å²) in [7, 11) is 0. The van der Waals surface area contributed by atoms with Gasteiger partial charge in [0.1, 0.15) is 0 Å². The van der Waals surface area contributed by atoms with E-state index in [9.17, 15) is 0 Å². The lowest BCUT2D eigenvalue weighted by Gasteiger charge is -2.20. The summed E-state index contributed by atoms with van der Waals surface area (Å²) in [6.07, 6.45) is 3.17. The van der Waals surface area contributed by atoms with E-state index in [0.717, 1.165) is 26.1 Å². The molecule has 0 fully saturated rings. The number of rotatable bonds is 8. The zero-order valence-corrected chi connectivity index (χ0v) is 9.19. The van der Waals surface area contributed by atoms with E-state index in [4.69, 9.17) is 16.7 Å². The van der Waals surface area contributed by atoms with Crippen molar-refractivity contribution in [2.75, 3.05) is 26.2 Å². The lowest BCUT2D eigenvalue weighted by atomic mass is 10.3. The molecule has 0 saturated heterocycles. The van der Waals surface area contributed by atoms with Crippen molar-refractivity contribution < 1.29 is 5.11 Å². The molecule has 1 N–H and O–H groups in total. The topological polar surface area (TPSA) is 23.5 Å². The van der Waals surface area contributed by atoms with Gasteiger partial charge in [0.25, 0.3) is 0 Å². The van der Waals surface area contributed by atoms with Crippen molar-refractivity contribution in [3.05, 3.63) is 11.6 Å². The van der Waals surface area contributed by atoms with Gasteiger partial charge in [-0.05, 0) is 19.4 Å². The maximum Gasteiger partial charge on any atom is 0.0443 e. The molecule has 78 valence electrons. The first-order valence-electron chi connectivity index (χ1n) is 4.87. The van der Waals surface area contributed by atoms with Crippen LogP contribution in [0.25, 0.3) is 0 Å². The molecule has 0 aliphatic heterocycles. The van der Waals surface area contributed by atoms with Crippen LogP contribution in [0.15, 0.2) is 11.6 Å². The normalized spacial score (nSPS) is 10.8. The molecule has 0 rings (SSSR count). The first-order valence-corrected chi connectivity index (χ1v) is 5.25. The van der Waals surface area contributed by atoms with E-state index >= 15 is 0 Å². The molecule has 0 aromatic carbocycles. The Morgan fingerprint density at radius 3 is 2.46 bits per heavy atom. The van der Waals surface area contributed by atoms with Crippen LogP contribution in [-0.2, 0) is 0 Å².